The predicted molar refractivity (Wildman–Crippen MR) is 103 cm³/mol. The molecule has 0 radical (unpaired) electrons. The van der Waals surface area contributed by atoms with Crippen molar-refractivity contribution >= 4 is 22.1 Å². The summed E-state index contributed by atoms with van der Waals surface area (Å²) in [6.45, 7) is 7.46. The Kier molecular flexibility index (Phi) is 4.37. The van der Waals surface area contributed by atoms with E-state index in [2.05, 4.69) is 35.7 Å². The second-order valence-electron chi connectivity index (χ2n) is 7.78. The van der Waals surface area contributed by atoms with Crippen LogP contribution in [0, 0.1) is 17.3 Å². The van der Waals surface area contributed by atoms with Crippen LogP contribution in [-0.4, -0.2) is 41.9 Å². The minimum absolute atomic E-state index is 0.0157. The summed E-state index contributed by atoms with van der Waals surface area (Å²) in [5.74, 6) is 6.88. The molecule has 0 spiro atoms. The van der Waals surface area contributed by atoms with Gasteiger partial charge >= 0.3 is 0 Å². The first-order valence-corrected chi connectivity index (χ1v) is 9.77. The van der Waals surface area contributed by atoms with Gasteiger partial charge in [-0.25, -0.2) is 0 Å². The van der Waals surface area contributed by atoms with E-state index in [1.165, 1.54) is 0 Å². The number of hydrogen-bond acceptors (Lipinski definition) is 5. The normalized spacial score (nSPS) is 19.0. The van der Waals surface area contributed by atoms with Gasteiger partial charge in [0, 0.05) is 32.8 Å². The van der Waals surface area contributed by atoms with Crippen LogP contribution in [0.15, 0.2) is 12.4 Å². The molecule has 0 bridgehead atoms. The number of rotatable bonds is 1. The van der Waals surface area contributed by atoms with Crippen molar-refractivity contribution in [1.29, 1.82) is 0 Å². The molecule has 26 heavy (non-hydrogen) atoms. The summed E-state index contributed by atoms with van der Waals surface area (Å²) in [7, 11) is 1.89. The number of anilines is 1. The minimum Gasteiger partial charge on any atom is -0.378 e. The zero-order chi connectivity index (χ0) is 18.3. The number of morpholine rings is 1. The van der Waals surface area contributed by atoms with Crippen molar-refractivity contribution in [3.63, 3.8) is 0 Å². The van der Waals surface area contributed by atoms with Gasteiger partial charge in [0.1, 0.15) is 5.00 Å². The van der Waals surface area contributed by atoms with Gasteiger partial charge in [0.2, 0.25) is 0 Å². The lowest BCUT2D eigenvalue weighted by Gasteiger charge is -2.29. The number of thiophene rings is 1. The van der Waals surface area contributed by atoms with Gasteiger partial charge in [-0.1, -0.05) is 25.7 Å². The summed E-state index contributed by atoms with van der Waals surface area (Å²) >= 11 is 1.62. The molecular weight excluding hydrogens is 346 g/mol. The molecule has 0 atom stereocenters. The second-order valence-corrected chi connectivity index (χ2v) is 8.78. The highest BCUT2D eigenvalue weighted by atomic mass is 32.1. The third kappa shape index (κ3) is 3.29. The summed E-state index contributed by atoms with van der Waals surface area (Å²) in [6, 6.07) is 0. The molecule has 1 saturated heterocycles. The van der Waals surface area contributed by atoms with Crippen LogP contribution in [0.1, 0.15) is 46.6 Å². The highest BCUT2D eigenvalue weighted by Crippen LogP contribution is 2.44. The number of carbonyl (C=O) groups is 1. The van der Waals surface area contributed by atoms with Crippen molar-refractivity contribution in [2.24, 2.45) is 12.5 Å². The lowest BCUT2D eigenvalue weighted by Crippen LogP contribution is -2.36. The van der Waals surface area contributed by atoms with Gasteiger partial charge in [0.15, 0.2) is 5.78 Å². The highest BCUT2D eigenvalue weighted by Gasteiger charge is 2.36. The van der Waals surface area contributed by atoms with Crippen molar-refractivity contribution in [3.05, 3.63) is 34.0 Å². The Balaban J connectivity index is 1.81. The molecule has 2 aromatic heterocycles. The van der Waals surface area contributed by atoms with Gasteiger partial charge in [0.25, 0.3) is 0 Å². The molecule has 0 saturated carbocycles. The molecule has 4 rings (SSSR count). The van der Waals surface area contributed by atoms with Crippen molar-refractivity contribution in [2.75, 3.05) is 31.2 Å². The predicted octanol–water partition coefficient (Wildman–Crippen LogP) is 2.87. The third-order valence-corrected chi connectivity index (χ3v) is 6.21. The van der Waals surface area contributed by atoms with Crippen molar-refractivity contribution in [1.82, 2.24) is 9.78 Å². The standard InChI is InChI=1S/C20H23N3O2S/c1-20(2)10-16-15(5-4-14-12-21-22(3)13-14)19(23-6-8-25-9-7-23)26-18(16)17(24)11-20/h12-13H,6-11H2,1-3H3. The van der Waals surface area contributed by atoms with E-state index >= 15 is 0 Å². The van der Waals surface area contributed by atoms with Crippen LogP contribution in [0.4, 0.5) is 5.00 Å². The number of ether oxygens (including phenoxy) is 1. The Hall–Kier alpha value is -2.10. The Morgan fingerprint density at radius 1 is 1.23 bits per heavy atom. The Morgan fingerprint density at radius 2 is 2.00 bits per heavy atom. The summed E-state index contributed by atoms with van der Waals surface area (Å²) in [5, 5.41) is 5.31. The van der Waals surface area contributed by atoms with Crippen molar-refractivity contribution in [2.45, 2.75) is 26.7 Å². The number of nitrogens with zero attached hydrogens (tertiary/aromatic N) is 3. The van der Waals surface area contributed by atoms with Gasteiger partial charge in [-0.2, -0.15) is 5.10 Å². The fourth-order valence-corrected chi connectivity index (χ4v) is 4.90. The molecule has 136 valence electrons. The SMILES string of the molecule is Cn1cc(C#Cc2c(N3CCOCC3)sc3c2CC(C)(C)CC3=O)cn1. The molecule has 2 aliphatic rings. The number of ketones is 1. The molecule has 1 aliphatic heterocycles. The van der Waals surface area contributed by atoms with Crippen LogP contribution < -0.4 is 4.90 Å². The first-order valence-electron chi connectivity index (χ1n) is 8.95. The number of fused-ring (bicyclic) bond motifs is 1. The minimum atomic E-state index is -0.0157. The zero-order valence-corrected chi connectivity index (χ0v) is 16.3. The Labute approximate surface area is 158 Å². The maximum absolute atomic E-state index is 12.7. The lowest BCUT2D eigenvalue weighted by molar-refractivity contribution is 0.0917. The van der Waals surface area contributed by atoms with E-state index < -0.39 is 0 Å². The van der Waals surface area contributed by atoms with E-state index in [4.69, 9.17) is 4.74 Å². The molecule has 6 heteroatoms. The molecule has 0 N–H and O–H groups in total. The molecule has 5 nitrogen and oxygen atoms in total. The van der Waals surface area contributed by atoms with Crippen molar-refractivity contribution in [3.8, 4) is 11.8 Å². The number of aryl methyl sites for hydroxylation is 1. The van der Waals surface area contributed by atoms with E-state index in [0.29, 0.717) is 6.42 Å². The third-order valence-electron chi connectivity index (χ3n) is 4.87. The molecule has 0 amide bonds. The molecule has 1 fully saturated rings. The van der Waals surface area contributed by atoms with Crippen LogP contribution in [0.25, 0.3) is 0 Å². The monoisotopic (exact) mass is 369 g/mol. The first-order chi connectivity index (χ1) is 12.4. The van der Waals surface area contributed by atoms with E-state index in [-0.39, 0.29) is 11.2 Å². The smallest absolute Gasteiger partial charge is 0.173 e. The number of Topliss-reactive ketones (excluding diaryl/α,β-unsaturated/α-hetero) is 1. The summed E-state index contributed by atoms with van der Waals surface area (Å²) in [6.07, 6.45) is 5.19. The van der Waals surface area contributed by atoms with E-state index in [0.717, 1.165) is 59.3 Å². The van der Waals surface area contributed by atoms with E-state index in [1.807, 2.05) is 13.2 Å². The molecule has 0 aromatic carbocycles. The Morgan fingerprint density at radius 3 is 2.69 bits per heavy atom. The molecule has 3 heterocycles. The summed E-state index contributed by atoms with van der Waals surface area (Å²) in [4.78, 5) is 16.0. The second kappa shape index (κ2) is 6.57. The molecule has 0 unspecified atom stereocenters. The van der Waals surface area contributed by atoms with Gasteiger partial charge in [-0.3, -0.25) is 9.48 Å². The average molecular weight is 369 g/mol. The highest BCUT2D eigenvalue weighted by molar-refractivity contribution is 7.18. The topological polar surface area (TPSA) is 47.4 Å². The van der Waals surface area contributed by atoms with Gasteiger partial charge in [-0.15, -0.1) is 11.3 Å². The zero-order valence-electron chi connectivity index (χ0n) is 15.5. The lowest BCUT2D eigenvalue weighted by atomic mass is 9.75. The number of carbonyl (C=O) groups excluding carboxylic acids is 1. The maximum Gasteiger partial charge on any atom is 0.173 e. The van der Waals surface area contributed by atoms with Gasteiger partial charge < -0.3 is 9.64 Å². The number of hydrogen-bond donors (Lipinski definition) is 0. The largest absolute Gasteiger partial charge is 0.378 e. The van der Waals surface area contributed by atoms with Crippen LogP contribution in [0.2, 0.25) is 0 Å². The maximum atomic E-state index is 12.7. The van der Waals surface area contributed by atoms with Crippen molar-refractivity contribution < 1.29 is 9.53 Å². The molecular formula is C20H23N3O2S. The van der Waals surface area contributed by atoms with E-state index in [9.17, 15) is 4.79 Å². The van der Waals surface area contributed by atoms with E-state index in [1.54, 1.807) is 22.2 Å². The number of aromatic nitrogens is 2. The average Bonchev–Trinajstić information content (AvgIpc) is 3.16. The fourth-order valence-electron chi connectivity index (χ4n) is 3.64. The fraction of sp³-hybridized carbons (Fsp3) is 0.500. The van der Waals surface area contributed by atoms with Crippen LogP contribution in [-0.2, 0) is 18.2 Å². The first kappa shape index (κ1) is 17.3. The van der Waals surface area contributed by atoms with Crippen LogP contribution >= 0.6 is 11.3 Å². The van der Waals surface area contributed by atoms with Gasteiger partial charge in [-0.05, 0) is 17.4 Å². The Bertz CT molecular complexity index is 907. The van der Waals surface area contributed by atoms with Crippen LogP contribution in [0.3, 0.4) is 0 Å². The van der Waals surface area contributed by atoms with Crippen LogP contribution in [0.5, 0.6) is 0 Å². The molecule has 1 aliphatic carbocycles. The quantitative estimate of drug-likeness (QED) is 0.725. The summed E-state index contributed by atoms with van der Waals surface area (Å²) in [5.41, 5.74) is 3.03. The van der Waals surface area contributed by atoms with Gasteiger partial charge in [0.05, 0.1) is 35.4 Å². The summed E-state index contributed by atoms with van der Waals surface area (Å²) < 4.78 is 7.25. The molecule has 2 aromatic rings.